The number of hydrogen-bond acceptors (Lipinski definition) is 5. The standard InChI is InChI=1S/C15H20N6O2/c1-10(2)13-17-12(18-23-13)5-6-20(4)15(22)11-9-16-21-8-7-19(3)14(11)21/h7-10H,5-6H2,1-4H3. The van der Waals surface area contributed by atoms with Crippen molar-refractivity contribution < 1.29 is 9.32 Å². The second-order valence-corrected chi connectivity index (χ2v) is 5.92. The average Bonchev–Trinajstić information content (AvgIpc) is 3.22. The van der Waals surface area contributed by atoms with Crippen LogP contribution in [0.2, 0.25) is 0 Å². The fraction of sp³-hybridized carbons (Fsp3) is 0.467. The molecule has 0 saturated carbocycles. The zero-order valence-corrected chi connectivity index (χ0v) is 13.7. The van der Waals surface area contributed by atoms with Crippen molar-refractivity contribution in [2.24, 2.45) is 7.05 Å². The van der Waals surface area contributed by atoms with E-state index in [2.05, 4.69) is 15.2 Å². The van der Waals surface area contributed by atoms with E-state index in [1.807, 2.05) is 37.9 Å². The van der Waals surface area contributed by atoms with Crippen LogP contribution < -0.4 is 0 Å². The first-order chi connectivity index (χ1) is 11.0. The molecule has 0 aromatic carbocycles. The van der Waals surface area contributed by atoms with Crippen LogP contribution in [0.3, 0.4) is 0 Å². The van der Waals surface area contributed by atoms with Gasteiger partial charge in [0.25, 0.3) is 5.91 Å². The van der Waals surface area contributed by atoms with Crippen LogP contribution in [0.15, 0.2) is 23.1 Å². The zero-order valence-electron chi connectivity index (χ0n) is 13.7. The van der Waals surface area contributed by atoms with Gasteiger partial charge in [0.15, 0.2) is 5.82 Å². The van der Waals surface area contributed by atoms with Gasteiger partial charge in [0.05, 0.1) is 6.20 Å². The number of rotatable bonds is 5. The molecule has 0 N–H and O–H groups in total. The van der Waals surface area contributed by atoms with Crippen LogP contribution in [0.1, 0.15) is 41.8 Å². The number of carbonyl (C=O) groups is 1. The SMILES string of the molecule is CC(C)c1nc(CCN(C)C(=O)c2cnn3ccn(C)c23)no1. The van der Waals surface area contributed by atoms with E-state index in [0.717, 1.165) is 5.65 Å². The number of imidazole rings is 1. The molecule has 8 heteroatoms. The molecule has 0 aliphatic rings. The normalized spacial score (nSPS) is 11.5. The van der Waals surface area contributed by atoms with Crippen molar-refractivity contribution in [3.63, 3.8) is 0 Å². The fourth-order valence-electron chi connectivity index (χ4n) is 2.38. The van der Waals surface area contributed by atoms with Gasteiger partial charge in [0.2, 0.25) is 5.89 Å². The first-order valence-electron chi connectivity index (χ1n) is 7.54. The van der Waals surface area contributed by atoms with Gasteiger partial charge in [-0.15, -0.1) is 0 Å². The van der Waals surface area contributed by atoms with Gasteiger partial charge >= 0.3 is 0 Å². The molecule has 0 fully saturated rings. The number of hydrogen-bond donors (Lipinski definition) is 0. The van der Waals surface area contributed by atoms with E-state index in [-0.39, 0.29) is 11.8 Å². The Balaban J connectivity index is 1.68. The Kier molecular flexibility index (Phi) is 3.89. The van der Waals surface area contributed by atoms with E-state index < -0.39 is 0 Å². The molecule has 0 unspecified atom stereocenters. The van der Waals surface area contributed by atoms with E-state index in [0.29, 0.717) is 30.2 Å². The number of aromatic nitrogens is 5. The van der Waals surface area contributed by atoms with E-state index >= 15 is 0 Å². The van der Waals surface area contributed by atoms with Gasteiger partial charge in [-0.1, -0.05) is 19.0 Å². The van der Waals surface area contributed by atoms with Crippen LogP contribution in [-0.4, -0.2) is 48.7 Å². The Labute approximate surface area is 133 Å². The van der Waals surface area contributed by atoms with Crippen molar-refractivity contribution in [3.8, 4) is 0 Å². The van der Waals surface area contributed by atoms with Crippen LogP contribution in [0.4, 0.5) is 0 Å². The highest BCUT2D eigenvalue weighted by atomic mass is 16.5. The quantitative estimate of drug-likeness (QED) is 0.712. The van der Waals surface area contributed by atoms with E-state index in [1.165, 1.54) is 0 Å². The van der Waals surface area contributed by atoms with Gasteiger partial charge in [-0.2, -0.15) is 10.1 Å². The molecular weight excluding hydrogens is 296 g/mol. The zero-order chi connectivity index (χ0) is 16.6. The lowest BCUT2D eigenvalue weighted by Gasteiger charge is -2.15. The predicted molar refractivity (Wildman–Crippen MR) is 83.2 cm³/mol. The summed E-state index contributed by atoms with van der Waals surface area (Å²) < 4.78 is 8.74. The van der Waals surface area contributed by atoms with Crippen LogP contribution in [0.5, 0.6) is 0 Å². The molecule has 0 bridgehead atoms. The monoisotopic (exact) mass is 316 g/mol. The highest BCUT2D eigenvalue weighted by molar-refractivity contribution is 5.99. The summed E-state index contributed by atoms with van der Waals surface area (Å²) in [6, 6.07) is 0. The highest BCUT2D eigenvalue weighted by Crippen LogP contribution is 2.14. The summed E-state index contributed by atoms with van der Waals surface area (Å²) in [6.07, 6.45) is 5.83. The highest BCUT2D eigenvalue weighted by Gasteiger charge is 2.19. The molecule has 3 aromatic rings. The second-order valence-electron chi connectivity index (χ2n) is 5.92. The topological polar surface area (TPSA) is 81.5 Å². The van der Waals surface area contributed by atoms with Crippen LogP contribution in [0, 0.1) is 0 Å². The lowest BCUT2D eigenvalue weighted by Crippen LogP contribution is -2.29. The van der Waals surface area contributed by atoms with Crippen molar-refractivity contribution in [2.75, 3.05) is 13.6 Å². The van der Waals surface area contributed by atoms with Crippen molar-refractivity contribution in [1.29, 1.82) is 0 Å². The summed E-state index contributed by atoms with van der Waals surface area (Å²) in [5.74, 6) is 1.37. The van der Waals surface area contributed by atoms with Gasteiger partial charge in [-0.05, 0) is 0 Å². The molecule has 8 nitrogen and oxygen atoms in total. The molecule has 0 aliphatic carbocycles. The predicted octanol–water partition coefficient (Wildman–Crippen LogP) is 1.49. The summed E-state index contributed by atoms with van der Waals surface area (Å²) in [6.45, 7) is 4.51. The van der Waals surface area contributed by atoms with Crippen LogP contribution in [-0.2, 0) is 13.5 Å². The molecule has 0 saturated heterocycles. The minimum Gasteiger partial charge on any atom is -0.341 e. The number of nitrogens with zero attached hydrogens (tertiary/aromatic N) is 6. The smallest absolute Gasteiger partial charge is 0.259 e. The summed E-state index contributed by atoms with van der Waals surface area (Å²) in [5, 5.41) is 8.14. The number of carbonyl (C=O) groups excluding carboxylic acids is 1. The number of likely N-dealkylation sites (N-methyl/N-ethyl adjacent to an activating group) is 1. The third-order valence-corrected chi connectivity index (χ3v) is 3.76. The van der Waals surface area contributed by atoms with Gasteiger partial charge in [-0.3, -0.25) is 4.79 Å². The van der Waals surface area contributed by atoms with Gasteiger partial charge in [0, 0.05) is 45.4 Å². The Morgan fingerprint density at radius 3 is 2.87 bits per heavy atom. The van der Waals surface area contributed by atoms with Crippen LogP contribution in [0.25, 0.3) is 5.65 Å². The Bertz CT molecular complexity index is 828. The second kappa shape index (κ2) is 5.86. The summed E-state index contributed by atoms with van der Waals surface area (Å²) >= 11 is 0. The molecular formula is C15H20N6O2. The molecule has 0 atom stereocenters. The first-order valence-corrected chi connectivity index (χ1v) is 7.54. The molecule has 3 aromatic heterocycles. The molecule has 122 valence electrons. The minimum absolute atomic E-state index is 0.0747. The molecule has 0 aliphatic heterocycles. The molecule has 1 amide bonds. The van der Waals surface area contributed by atoms with E-state index in [9.17, 15) is 4.79 Å². The Morgan fingerprint density at radius 2 is 2.17 bits per heavy atom. The molecule has 3 heterocycles. The molecule has 23 heavy (non-hydrogen) atoms. The summed E-state index contributed by atoms with van der Waals surface area (Å²) in [4.78, 5) is 18.6. The maximum Gasteiger partial charge on any atom is 0.259 e. The lowest BCUT2D eigenvalue weighted by atomic mass is 10.2. The molecule has 0 radical (unpaired) electrons. The summed E-state index contributed by atoms with van der Waals surface area (Å²) in [5.41, 5.74) is 1.36. The third-order valence-electron chi connectivity index (χ3n) is 3.76. The number of aryl methyl sites for hydroxylation is 1. The van der Waals surface area contributed by atoms with E-state index in [1.54, 1.807) is 22.7 Å². The van der Waals surface area contributed by atoms with Crippen molar-refractivity contribution in [2.45, 2.75) is 26.2 Å². The first kappa shape index (κ1) is 15.3. The fourth-order valence-corrected chi connectivity index (χ4v) is 2.38. The van der Waals surface area contributed by atoms with Crippen molar-refractivity contribution >= 4 is 11.6 Å². The largest absolute Gasteiger partial charge is 0.341 e. The third kappa shape index (κ3) is 2.84. The van der Waals surface area contributed by atoms with Gasteiger partial charge in [0.1, 0.15) is 11.2 Å². The Morgan fingerprint density at radius 1 is 1.39 bits per heavy atom. The maximum absolute atomic E-state index is 12.6. The molecule has 0 spiro atoms. The van der Waals surface area contributed by atoms with Gasteiger partial charge in [-0.25, -0.2) is 4.52 Å². The lowest BCUT2D eigenvalue weighted by molar-refractivity contribution is 0.0797. The van der Waals surface area contributed by atoms with Crippen molar-refractivity contribution in [3.05, 3.63) is 35.9 Å². The van der Waals surface area contributed by atoms with Crippen molar-refractivity contribution in [1.82, 2.24) is 29.2 Å². The Hall–Kier alpha value is -2.64. The molecule has 3 rings (SSSR count). The summed E-state index contributed by atoms with van der Waals surface area (Å²) in [7, 11) is 3.65. The average molecular weight is 316 g/mol. The maximum atomic E-state index is 12.6. The minimum atomic E-state index is -0.0747. The van der Waals surface area contributed by atoms with E-state index in [4.69, 9.17) is 4.52 Å². The van der Waals surface area contributed by atoms with Crippen LogP contribution >= 0.6 is 0 Å². The number of amides is 1. The number of fused-ring (bicyclic) bond motifs is 1. The van der Waals surface area contributed by atoms with Gasteiger partial charge < -0.3 is 14.0 Å².